The first kappa shape index (κ1) is 20.5. The highest BCUT2D eigenvalue weighted by Crippen LogP contribution is 2.26. The molecule has 0 saturated heterocycles. The molecule has 3 N–H and O–H groups in total. The van der Waals surface area contributed by atoms with E-state index in [-0.39, 0.29) is 5.92 Å². The molecule has 0 unspecified atom stereocenters. The summed E-state index contributed by atoms with van der Waals surface area (Å²) in [6, 6.07) is 14.0. The van der Waals surface area contributed by atoms with E-state index in [1.165, 1.54) is 5.56 Å². The van der Waals surface area contributed by atoms with Crippen molar-refractivity contribution in [3.63, 3.8) is 0 Å². The topological polar surface area (TPSA) is 84.0 Å². The van der Waals surface area contributed by atoms with E-state index < -0.39 is 0 Å². The third kappa shape index (κ3) is 5.65. The van der Waals surface area contributed by atoms with Gasteiger partial charge in [0, 0.05) is 43.4 Å². The molecule has 0 radical (unpaired) electrons. The number of ether oxygens (including phenoxy) is 1. The lowest BCUT2D eigenvalue weighted by atomic mass is 10.00. The molecule has 0 bridgehead atoms. The first-order valence-electron chi connectivity index (χ1n) is 9.75. The summed E-state index contributed by atoms with van der Waals surface area (Å²) in [6.45, 7) is 4.59. The van der Waals surface area contributed by atoms with Crippen LogP contribution in [0.1, 0.15) is 18.4 Å². The molecule has 2 heterocycles. The number of nitrogens with zero attached hydrogens (tertiary/aromatic N) is 3. The molecule has 3 aromatic rings. The van der Waals surface area contributed by atoms with E-state index in [9.17, 15) is 0 Å². The van der Waals surface area contributed by atoms with Crippen LogP contribution >= 0.6 is 0 Å². The Morgan fingerprint density at radius 1 is 0.966 bits per heavy atom. The van der Waals surface area contributed by atoms with E-state index in [0.29, 0.717) is 0 Å². The van der Waals surface area contributed by atoms with Gasteiger partial charge in [0.25, 0.3) is 0 Å². The van der Waals surface area contributed by atoms with Crippen LogP contribution in [0.2, 0.25) is 0 Å². The predicted octanol–water partition coefficient (Wildman–Crippen LogP) is 3.39. The van der Waals surface area contributed by atoms with Crippen molar-refractivity contribution in [3.8, 4) is 17.0 Å². The van der Waals surface area contributed by atoms with Crippen molar-refractivity contribution in [2.24, 2.45) is 0 Å². The van der Waals surface area contributed by atoms with Crippen molar-refractivity contribution in [2.45, 2.75) is 12.8 Å². The number of anilines is 2. The van der Waals surface area contributed by atoms with Gasteiger partial charge in [-0.3, -0.25) is 0 Å². The Balaban J connectivity index is 1.67. The Kier molecular flexibility index (Phi) is 7.35. The number of nitrogens with one attached hydrogen (secondary N) is 3. The number of para-hydroxylation sites is 1. The van der Waals surface area contributed by atoms with Crippen molar-refractivity contribution in [1.82, 2.24) is 20.3 Å². The standard InChI is InChI=1S/C22H28N6O/c1-16(18-6-4-5-7-20(18)29-3)14-26-22-13-19(27-15-28-22)17-8-9-24-21(12-17)25-11-10-23-2/h4-9,12-13,15-16,23H,10-11,14H2,1-3H3,(H,24,25)(H,26,27,28)/t16-/m1/s1. The number of hydrogen-bond acceptors (Lipinski definition) is 7. The Hall–Kier alpha value is -3.19. The minimum absolute atomic E-state index is 0.272. The van der Waals surface area contributed by atoms with Crippen LogP contribution in [0.4, 0.5) is 11.6 Å². The Morgan fingerprint density at radius 3 is 2.62 bits per heavy atom. The normalized spacial score (nSPS) is 11.7. The predicted molar refractivity (Wildman–Crippen MR) is 118 cm³/mol. The molecule has 0 aliphatic heterocycles. The largest absolute Gasteiger partial charge is 0.496 e. The summed E-state index contributed by atoms with van der Waals surface area (Å²) >= 11 is 0. The molecule has 152 valence electrons. The molecule has 29 heavy (non-hydrogen) atoms. The first-order chi connectivity index (χ1) is 14.2. The summed E-state index contributed by atoms with van der Waals surface area (Å²) in [6.07, 6.45) is 3.37. The van der Waals surface area contributed by atoms with Gasteiger partial charge >= 0.3 is 0 Å². The lowest BCUT2D eigenvalue weighted by Gasteiger charge is -2.16. The minimum atomic E-state index is 0.272. The minimum Gasteiger partial charge on any atom is -0.496 e. The molecule has 7 nitrogen and oxygen atoms in total. The van der Waals surface area contributed by atoms with E-state index in [4.69, 9.17) is 4.74 Å². The quantitative estimate of drug-likeness (QED) is 0.456. The number of aromatic nitrogens is 3. The van der Waals surface area contributed by atoms with Gasteiger partial charge in [0.15, 0.2) is 0 Å². The average Bonchev–Trinajstić information content (AvgIpc) is 2.78. The molecule has 1 aromatic carbocycles. The van der Waals surface area contributed by atoms with Crippen LogP contribution in [0.15, 0.2) is 55.0 Å². The molecular weight excluding hydrogens is 364 g/mol. The van der Waals surface area contributed by atoms with Crippen molar-refractivity contribution >= 4 is 11.6 Å². The second-order valence-electron chi connectivity index (χ2n) is 6.77. The third-order valence-electron chi connectivity index (χ3n) is 4.66. The van der Waals surface area contributed by atoms with Crippen molar-refractivity contribution in [2.75, 3.05) is 44.4 Å². The van der Waals surface area contributed by atoms with Gasteiger partial charge in [-0.1, -0.05) is 25.1 Å². The monoisotopic (exact) mass is 392 g/mol. The summed E-state index contributed by atoms with van der Waals surface area (Å²) in [5.74, 6) is 2.79. The second-order valence-corrected chi connectivity index (χ2v) is 6.77. The summed E-state index contributed by atoms with van der Waals surface area (Å²) in [5, 5.41) is 9.82. The molecule has 2 aromatic heterocycles. The molecule has 1 atom stereocenters. The van der Waals surface area contributed by atoms with Crippen LogP contribution in [-0.4, -0.2) is 48.7 Å². The van der Waals surface area contributed by atoms with Gasteiger partial charge in [0.1, 0.15) is 23.7 Å². The van der Waals surface area contributed by atoms with Crippen molar-refractivity contribution in [1.29, 1.82) is 0 Å². The average molecular weight is 393 g/mol. The second kappa shape index (κ2) is 10.4. The van der Waals surface area contributed by atoms with Crippen LogP contribution in [-0.2, 0) is 0 Å². The van der Waals surface area contributed by atoms with Crippen LogP contribution < -0.4 is 20.7 Å². The summed E-state index contributed by atoms with van der Waals surface area (Å²) in [5.41, 5.74) is 3.02. The van der Waals surface area contributed by atoms with E-state index >= 15 is 0 Å². The third-order valence-corrected chi connectivity index (χ3v) is 4.66. The van der Waals surface area contributed by atoms with Gasteiger partial charge in [0.05, 0.1) is 12.8 Å². The highest BCUT2D eigenvalue weighted by molar-refractivity contribution is 5.65. The van der Waals surface area contributed by atoms with Crippen molar-refractivity contribution < 1.29 is 4.74 Å². The van der Waals surface area contributed by atoms with Crippen LogP contribution in [0, 0.1) is 0 Å². The zero-order valence-electron chi connectivity index (χ0n) is 17.1. The van der Waals surface area contributed by atoms with Gasteiger partial charge in [-0.2, -0.15) is 0 Å². The molecular formula is C22H28N6O. The number of rotatable bonds is 10. The molecule has 0 saturated carbocycles. The fourth-order valence-corrected chi connectivity index (χ4v) is 3.06. The zero-order valence-corrected chi connectivity index (χ0v) is 17.1. The van der Waals surface area contributed by atoms with Gasteiger partial charge < -0.3 is 20.7 Å². The molecule has 0 fully saturated rings. The first-order valence-corrected chi connectivity index (χ1v) is 9.75. The van der Waals surface area contributed by atoms with Gasteiger partial charge in [-0.05, 0) is 30.8 Å². The van der Waals surface area contributed by atoms with E-state index in [1.807, 2.05) is 43.4 Å². The number of benzene rings is 1. The lowest BCUT2D eigenvalue weighted by Crippen LogP contribution is -2.18. The molecule has 0 spiro atoms. The maximum Gasteiger partial charge on any atom is 0.129 e. The number of hydrogen-bond donors (Lipinski definition) is 3. The van der Waals surface area contributed by atoms with E-state index in [2.05, 4.69) is 43.9 Å². The van der Waals surface area contributed by atoms with Gasteiger partial charge in [-0.15, -0.1) is 0 Å². The van der Waals surface area contributed by atoms with Gasteiger partial charge in [0.2, 0.25) is 0 Å². The summed E-state index contributed by atoms with van der Waals surface area (Å²) < 4.78 is 5.47. The highest BCUT2D eigenvalue weighted by Gasteiger charge is 2.11. The van der Waals surface area contributed by atoms with E-state index in [1.54, 1.807) is 19.6 Å². The van der Waals surface area contributed by atoms with Crippen LogP contribution in [0.3, 0.4) is 0 Å². The molecule has 0 aliphatic carbocycles. The van der Waals surface area contributed by atoms with Crippen molar-refractivity contribution in [3.05, 3.63) is 60.6 Å². The SMILES string of the molecule is CNCCNc1cc(-c2cc(NC[C@@H](C)c3ccccc3OC)ncn2)ccn1. The maximum atomic E-state index is 5.47. The fraction of sp³-hybridized carbons (Fsp3) is 0.318. The molecule has 3 rings (SSSR count). The Morgan fingerprint density at radius 2 is 1.79 bits per heavy atom. The maximum absolute atomic E-state index is 5.47. The zero-order chi connectivity index (χ0) is 20.5. The number of pyridine rings is 1. The van der Waals surface area contributed by atoms with Crippen LogP contribution in [0.5, 0.6) is 5.75 Å². The number of methoxy groups -OCH3 is 1. The summed E-state index contributed by atoms with van der Waals surface area (Å²) in [7, 11) is 3.63. The summed E-state index contributed by atoms with van der Waals surface area (Å²) in [4.78, 5) is 13.1. The fourth-order valence-electron chi connectivity index (χ4n) is 3.06. The van der Waals surface area contributed by atoms with Gasteiger partial charge in [-0.25, -0.2) is 15.0 Å². The lowest BCUT2D eigenvalue weighted by molar-refractivity contribution is 0.407. The van der Waals surface area contributed by atoms with E-state index in [0.717, 1.165) is 48.3 Å². The highest BCUT2D eigenvalue weighted by atomic mass is 16.5. The number of likely N-dealkylation sites (N-methyl/N-ethyl adjacent to an activating group) is 1. The Bertz CT molecular complexity index is 917. The molecule has 0 aliphatic rings. The molecule has 0 amide bonds. The van der Waals surface area contributed by atoms with Crippen LogP contribution in [0.25, 0.3) is 11.3 Å². The smallest absolute Gasteiger partial charge is 0.129 e. The Labute approximate surface area is 172 Å². The molecule has 7 heteroatoms.